The maximum Gasteiger partial charge on any atom is 0.317 e. The average molecular weight is 329 g/mol. The summed E-state index contributed by atoms with van der Waals surface area (Å²) in [5.74, 6) is 0.760. The Morgan fingerprint density at radius 2 is 1.71 bits per heavy atom. The molecular weight excluding hydrogens is 302 g/mol. The minimum Gasteiger partial charge on any atom is -0.339 e. The van der Waals surface area contributed by atoms with Gasteiger partial charge in [-0.15, -0.1) is 0 Å². The average Bonchev–Trinajstić information content (AvgIpc) is 3.34. The van der Waals surface area contributed by atoms with Crippen molar-refractivity contribution in [3.05, 3.63) is 35.4 Å². The molecule has 3 rings (SSSR count). The highest BCUT2D eigenvalue weighted by molar-refractivity contribution is 5.83. The number of aryl methyl sites for hydroxylation is 1. The van der Waals surface area contributed by atoms with E-state index in [1.165, 1.54) is 11.1 Å². The third-order valence-corrected chi connectivity index (χ3v) is 4.99. The van der Waals surface area contributed by atoms with Crippen molar-refractivity contribution >= 4 is 11.9 Å². The number of benzene rings is 1. The van der Waals surface area contributed by atoms with E-state index in [-0.39, 0.29) is 23.9 Å². The maximum absolute atomic E-state index is 12.7. The Bertz CT molecular complexity index is 621. The number of hydrogen-bond acceptors (Lipinski definition) is 2. The minimum atomic E-state index is -0.0266. The monoisotopic (exact) mass is 329 g/mol. The second-order valence-electron chi connectivity index (χ2n) is 7.22. The van der Waals surface area contributed by atoms with Crippen LogP contribution >= 0.6 is 0 Å². The Labute approximate surface area is 144 Å². The molecule has 3 amide bonds. The molecule has 1 aromatic rings. The summed E-state index contributed by atoms with van der Waals surface area (Å²) < 4.78 is 0. The lowest BCUT2D eigenvalue weighted by Gasteiger charge is -2.35. The van der Waals surface area contributed by atoms with Crippen molar-refractivity contribution in [2.45, 2.75) is 39.2 Å². The standard InChI is InChI=1S/C19H27N3O2/c1-13(2)20-19(24)22-10-8-21(9-11-22)18(23)17-12-16(17)15-7-5-4-6-14(15)3/h4-7,13,16-17H,8-12H2,1-3H3,(H,20,24)/t16-,17-/m1/s1. The van der Waals surface area contributed by atoms with Crippen LogP contribution in [-0.4, -0.2) is 54.0 Å². The van der Waals surface area contributed by atoms with Gasteiger partial charge in [-0.2, -0.15) is 0 Å². The third-order valence-electron chi connectivity index (χ3n) is 4.99. The molecule has 2 fully saturated rings. The fourth-order valence-corrected chi connectivity index (χ4v) is 3.52. The van der Waals surface area contributed by atoms with Crippen LogP contribution in [0.1, 0.15) is 37.3 Å². The number of rotatable bonds is 3. The quantitative estimate of drug-likeness (QED) is 0.925. The fraction of sp³-hybridized carbons (Fsp3) is 0.579. The highest BCUT2D eigenvalue weighted by Gasteiger charge is 2.46. The second-order valence-corrected chi connectivity index (χ2v) is 7.22. The number of nitrogens with one attached hydrogen (secondary N) is 1. The molecule has 24 heavy (non-hydrogen) atoms. The molecule has 0 spiro atoms. The van der Waals surface area contributed by atoms with Gasteiger partial charge < -0.3 is 15.1 Å². The lowest BCUT2D eigenvalue weighted by atomic mass is 10.0. The second kappa shape index (κ2) is 6.83. The van der Waals surface area contributed by atoms with Gasteiger partial charge in [-0.1, -0.05) is 24.3 Å². The molecule has 5 heteroatoms. The maximum atomic E-state index is 12.7. The molecule has 5 nitrogen and oxygen atoms in total. The van der Waals surface area contributed by atoms with E-state index in [1.54, 1.807) is 4.90 Å². The summed E-state index contributed by atoms with van der Waals surface area (Å²) in [5, 5.41) is 2.91. The van der Waals surface area contributed by atoms with Crippen LogP contribution in [0.15, 0.2) is 24.3 Å². The van der Waals surface area contributed by atoms with E-state index in [0.717, 1.165) is 6.42 Å². The molecular formula is C19H27N3O2. The molecule has 0 unspecified atom stereocenters. The third kappa shape index (κ3) is 3.55. The van der Waals surface area contributed by atoms with E-state index >= 15 is 0 Å². The number of piperazine rings is 1. The van der Waals surface area contributed by atoms with Gasteiger partial charge in [0.2, 0.25) is 5.91 Å². The highest BCUT2D eigenvalue weighted by atomic mass is 16.2. The largest absolute Gasteiger partial charge is 0.339 e. The summed E-state index contributed by atoms with van der Waals surface area (Å²) in [6.45, 7) is 8.54. The van der Waals surface area contributed by atoms with Crippen molar-refractivity contribution in [3.63, 3.8) is 0 Å². The molecule has 130 valence electrons. The zero-order valence-electron chi connectivity index (χ0n) is 14.8. The fourth-order valence-electron chi connectivity index (χ4n) is 3.52. The molecule has 1 aliphatic heterocycles. The van der Waals surface area contributed by atoms with Crippen LogP contribution in [-0.2, 0) is 4.79 Å². The van der Waals surface area contributed by atoms with Crippen LogP contribution in [0.3, 0.4) is 0 Å². The Morgan fingerprint density at radius 1 is 1.08 bits per heavy atom. The Kier molecular flexibility index (Phi) is 4.78. The van der Waals surface area contributed by atoms with E-state index in [1.807, 2.05) is 30.9 Å². The summed E-state index contributed by atoms with van der Waals surface area (Å²) in [7, 11) is 0. The normalized spacial score (nSPS) is 23.3. The molecule has 0 bridgehead atoms. The number of urea groups is 1. The van der Waals surface area contributed by atoms with Gasteiger partial charge in [-0.3, -0.25) is 4.79 Å². The molecule has 0 radical (unpaired) electrons. The van der Waals surface area contributed by atoms with Gasteiger partial charge >= 0.3 is 6.03 Å². The van der Waals surface area contributed by atoms with Crippen LogP contribution in [0.2, 0.25) is 0 Å². The summed E-state index contributed by atoms with van der Waals surface area (Å²) in [6.07, 6.45) is 0.956. The van der Waals surface area contributed by atoms with Gasteiger partial charge in [0.15, 0.2) is 0 Å². The molecule has 1 saturated carbocycles. The van der Waals surface area contributed by atoms with E-state index in [4.69, 9.17) is 0 Å². The van der Waals surface area contributed by atoms with Crippen molar-refractivity contribution in [1.82, 2.24) is 15.1 Å². The summed E-state index contributed by atoms with van der Waals surface area (Å²) >= 11 is 0. The lowest BCUT2D eigenvalue weighted by Crippen LogP contribution is -2.54. The number of hydrogen-bond donors (Lipinski definition) is 1. The number of carbonyl (C=O) groups is 2. The first-order chi connectivity index (χ1) is 11.5. The van der Waals surface area contributed by atoms with Gasteiger partial charge in [0, 0.05) is 38.1 Å². The first-order valence-corrected chi connectivity index (χ1v) is 8.87. The van der Waals surface area contributed by atoms with Crippen molar-refractivity contribution in [1.29, 1.82) is 0 Å². The minimum absolute atomic E-state index is 0.0266. The van der Waals surface area contributed by atoms with E-state index in [9.17, 15) is 9.59 Å². The summed E-state index contributed by atoms with van der Waals surface area (Å²) in [5.41, 5.74) is 2.58. The predicted molar refractivity (Wildman–Crippen MR) is 93.8 cm³/mol. The van der Waals surface area contributed by atoms with Gasteiger partial charge in [0.1, 0.15) is 0 Å². The first-order valence-electron chi connectivity index (χ1n) is 8.87. The number of nitrogens with zero attached hydrogens (tertiary/aromatic N) is 2. The van der Waals surface area contributed by atoms with Crippen LogP contribution in [0, 0.1) is 12.8 Å². The van der Waals surface area contributed by atoms with Crippen molar-refractivity contribution in [3.8, 4) is 0 Å². The molecule has 1 aromatic carbocycles. The molecule has 1 N–H and O–H groups in total. The Morgan fingerprint density at radius 3 is 2.33 bits per heavy atom. The summed E-state index contributed by atoms with van der Waals surface area (Å²) in [4.78, 5) is 28.5. The van der Waals surface area contributed by atoms with Crippen molar-refractivity contribution < 1.29 is 9.59 Å². The van der Waals surface area contributed by atoms with Gasteiger partial charge in [0.05, 0.1) is 0 Å². The predicted octanol–water partition coefficient (Wildman–Crippen LogP) is 2.36. The SMILES string of the molecule is Cc1ccccc1[C@H]1C[C@H]1C(=O)N1CCN(C(=O)NC(C)C)CC1. The molecule has 0 aromatic heterocycles. The van der Waals surface area contributed by atoms with Gasteiger partial charge in [0.25, 0.3) is 0 Å². The van der Waals surface area contributed by atoms with Crippen molar-refractivity contribution in [2.75, 3.05) is 26.2 Å². The molecule has 1 heterocycles. The van der Waals surface area contributed by atoms with E-state index < -0.39 is 0 Å². The number of carbonyl (C=O) groups excluding carboxylic acids is 2. The van der Waals surface area contributed by atoms with E-state index in [0.29, 0.717) is 32.1 Å². The zero-order chi connectivity index (χ0) is 17.3. The first kappa shape index (κ1) is 16.8. The zero-order valence-corrected chi connectivity index (χ0v) is 14.8. The number of amides is 3. The van der Waals surface area contributed by atoms with Crippen LogP contribution < -0.4 is 5.32 Å². The topological polar surface area (TPSA) is 52.7 Å². The molecule has 2 aliphatic rings. The van der Waals surface area contributed by atoms with Crippen molar-refractivity contribution in [2.24, 2.45) is 5.92 Å². The Hall–Kier alpha value is -2.04. The highest BCUT2D eigenvalue weighted by Crippen LogP contribution is 2.49. The Balaban J connectivity index is 1.52. The summed E-state index contributed by atoms with van der Waals surface area (Å²) in [6, 6.07) is 8.45. The van der Waals surface area contributed by atoms with Crippen LogP contribution in [0.25, 0.3) is 0 Å². The molecule has 2 atom stereocenters. The van der Waals surface area contributed by atoms with E-state index in [2.05, 4.69) is 24.4 Å². The lowest BCUT2D eigenvalue weighted by molar-refractivity contribution is -0.134. The molecule has 1 aliphatic carbocycles. The van der Waals surface area contributed by atoms with Gasteiger partial charge in [-0.25, -0.2) is 4.79 Å². The van der Waals surface area contributed by atoms with Crippen LogP contribution in [0.4, 0.5) is 4.79 Å². The van der Waals surface area contributed by atoms with Crippen LogP contribution in [0.5, 0.6) is 0 Å². The molecule has 1 saturated heterocycles. The van der Waals surface area contributed by atoms with Gasteiger partial charge in [-0.05, 0) is 44.2 Å². The smallest absolute Gasteiger partial charge is 0.317 e.